The number of ether oxygens (including phenoxy) is 1. The SMILES string of the molecule is CC(C)C(=O)Nc1ccc(NC(=O)NCc2ccccc2OC(F)F)cc1. The van der Waals surface area contributed by atoms with Crippen molar-refractivity contribution in [3.63, 3.8) is 0 Å². The van der Waals surface area contributed by atoms with Crippen molar-refractivity contribution in [3.05, 3.63) is 54.1 Å². The second-order valence-corrected chi connectivity index (χ2v) is 6.02. The Hall–Kier alpha value is -3.16. The monoisotopic (exact) mass is 377 g/mol. The lowest BCUT2D eigenvalue weighted by molar-refractivity contribution is -0.118. The molecule has 0 radical (unpaired) electrons. The third-order valence-corrected chi connectivity index (χ3v) is 3.56. The van der Waals surface area contributed by atoms with E-state index in [4.69, 9.17) is 0 Å². The van der Waals surface area contributed by atoms with Gasteiger partial charge in [-0.3, -0.25) is 4.79 Å². The molecule has 0 aliphatic heterocycles. The Bertz CT molecular complexity index is 780. The summed E-state index contributed by atoms with van der Waals surface area (Å²) >= 11 is 0. The summed E-state index contributed by atoms with van der Waals surface area (Å²) < 4.78 is 29.2. The number of para-hydroxylation sites is 1. The summed E-state index contributed by atoms with van der Waals surface area (Å²) in [7, 11) is 0. The van der Waals surface area contributed by atoms with E-state index in [1.807, 2.05) is 0 Å². The molecule has 3 N–H and O–H groups in total. The predicted octanol–water partition coefficient (Wildman–Crippen LogP) is 4.20. The summed E-state index contributed by atoms with van der Waals surface area (Å²) in [6, 6.07) is 12.4. The third kappa shape index (κ3) is 6.58. The van der Waals surface area contributed by atoms with Crippen molar-refractivity contribution in [1.82, 2.24) is 5.32 Å². The maximum atomic E-state index is 12.4. The molecule has 0 unspecified atom stereocenters. The molecule has 0 aliphatic rings. The molecule has 3 amide bonds. The number of benzene rings is 2. The van der Waals surface area contributed by atoms with Crippen LogP contribution >= 0.6 is 0 Å². The summed E-state index contributed by atoms with van der Waals surface area (Å²) in [6.45, 7) is 0.673. The van der Waals surface area contributed by atoms with Gasteiger partial charge in [-0.2, -0.15) is 8.78 Å². The lowest BCUT2D eigenvalue weighted by Crippen LogP contribution is -2.28. The summed E-state index contributed by atoms with van der Waals surface area (Å²) in [5.74, 6) is -0.221. The molecule has 0 atom stereocenters. The minimum Gasteiger partial charge on any atom is -0.434 e. The molecule has 2 aromatic rings. The van der Waals surface area contributed by atoms with Gasteiger partial charge < -0.3 is 20.7 Å². The summed E-state index contributed by atoms with van der Waals surface area (Å²) in [5.41, 5.74) is 1.57. The molecule has 2 rings (SSSR count). The number of alkyl halides is 2. The Morgan fingerprint density at radius 3 is 2.15 bits per heavy atom. The van der Waals surface area contributed by atoms with Crippen molar-refractivity contribution in [2.75, 3.05) is 10.6 Å². The quantitative estimate of drug-likeness (QED) is 0.676. The fourth-order valence-electron chi connectivity index (χ4n) is 2.14. The van der Waals surface area contributed by atoms with Gasteiger partial charge >= 0.3 is 12.6 Å². The normalized spacial score (nSPS) is 10.6. The van der Waals surface area contributed by atoms with Crippen LogP contribution in [0, 0.1) is 5.92 Å². The van der Waals surface area contributed by atoms with Crippen molar-refractivity contribution in [3.8, 4) is 5.75 Å². The molecule has 144 valence electrons. The van der Waals surface area contributed by atoms with E-state index in [1.165, 1.54) is 6.07 Å². The summed E-state index contributed by atoms with van der Waals surface area (Å²) in [6.07, 6.45) is 0. The predicted molar refractivity (Wildman–Crippen MR) is 98.8 cm³/mol. The van der Waals surface area contributed by atoms with E-state index in [2.05, 4.69) is 20.7 Å². The van der Waals surface area contributed by atoms with Crippen LogP contribution < -0.4 is 20.7 Å². The number of rotatable bonds is 7. The zero-order valence-electron chi connectivity index (χ0n) is 15.0. The number of carbonyl (C=O) groups is 2. The highest BCUT2D eigenvalue weighted by Crippen LogP contribution is 2.20. The Morgan fingerprint density at radius 1 is 0.963 bits per heavy atom. The highest BCUT2D eigenvalue weighted by atomic mass is 19.3. The molecule has 8 heteroatoms. The van der Waals surface area contributed by atoms with Crippen molar-refractivity contribution in [1.29, 1.82) is 0 Å². The van der Waals surface area contributed by atoms with Crippen LogP contribution in [0.2, 0.25) is 0 Å². The number of halogens is 2. The van der Waals surface area contributed by atoms with E-state index < -0.39 is 12.6 Å². The Morgan fingerprint density at radius 2 is 1.56 bits per heavy atom. The number of hydrogen-bond donors (Lipinski definition) is 3. The van der Waals surface area contributed by atoms with E-state index in [0.29, 0.717) is 16.9 Å². The van der Waals surface area contributed by atoms with E-state index in [-0.39, 0.29) is 24.1 Å². The number of anilines is 2. The van der Waals surface area contributed by atoms with Crippen molar-refractivity contribution >= 4 is 23.3 Å². The molecule has 27 heavy (non-hydrogen) atoms. The minimum atomic E-state index is -2.94. The van der Waals surface area contributed by atoms with Crippen LogP contribution in [0.5, 0.6) is 5.75 Å². The zero-order chi connectivity index (χ0) is 19.8. The number of hydrogen-bond acceptors (Lipinski definition) is 3. The van der Waals surface area contributed by atoms with E-state index in [1.54, 1.807) is 56.3 Å². The van der Waals surface area contributed by atoms with E-state index in [0.717, 1.165) is 0 Å². The number of nitrogens with one attached hydrogen (secondary N) is 3. The van der Waals surface area contributed by atoms with Crippen molar-refractivity contribution in [2.45, 2.75) is 27.0 Å². The molecule has 6 nitrogen and oxygen atoms in total. The Balaban J connectivity index is 1.88. The van der Waals surface area contributed by atoms with E-state index in [9.17, 15) is 18.4 Å². The molecule has 2 aromatic carbocycles. The van der Waals surface area contributed by atoms with Crippen LogP contribution in [-0.2, 0) is 11.3 Å². The highest BCUT2D eigenvalue weighted by molar-refractivity contribution is 5.93. The van der Waals surface area contributed by atoms with E-state index >= 15 is 0 Å². The van der Waals surface area contributed by atoms with Crippen molar-refractivity contribution < 1.29 is 23.1 Å². The number of amides is 3. The average Bonchev–Trinajstić information content (AvgIpc) is 2.62. The second-order valence-electron chi connectivity index (χ2n) is 6.02. The first-order chi connectivity index (χ1) is 12.8. The molecular weight excluding hydrogens is 356 g/mol. The third-order valence-electron chi connectivity index (χ3n) is 3.56. The smallest absolute Gasteiger partial charge is 0.387 e. The van der Waals surface area contributed by atoms with Gasteiger partial charge in [0, 0.05) is 29.4 Å². The van der Waals surface area contributed by atoms with Gasteiger partial charge in [-0.15, -0.1) is 0 Å². The molecule has 0 aromatic heterocycles. The second kappa shape index (κ2) is 9.51. The van der Waals surface area contributed by atoms with Crippen molar-refractivity contribution in [2.24, 2.45) is 5.92 Å². The molecule has 0 saturated heterocycles. The highest BCUT2D eigenvalue weighted by Gasteiger charge is 2.10. The lowest BCUT2D eigenvalue weighted by Gasteiger charge is -2.12. The fourth-order valence-corrected chi connectivity index (χ4v) is 2.14. The van der Waals surface area contributed by atoms with Crippen LogP contribution in [0.25, 0.3) is 0 Å². The van der Waals surface area contributed by atoms with Gasteiger partial charge in [0.15, 0.2) is 0 Å². The topological polar surface area (TPSA) is 79.5 Å². The van der Waals surface area contributed by atoms with Gasteiger partial charge in [0.1, 0.15) is 5.75 Å². The maximum Gasteiger partial charge on any atom is 0.387 e. The first-order valence-electron chi connectivity index (χ1n) is 8.33. The van der Waals surface area contributed by atoms with Crippen LogP contribution in [0.1, 0.15) is 19.4 Å². The van der Waals surface area contributed by atoms with Crippen LogP contribution in [0.4, 0.5) is 25.0 Å². The number of carbonyl (C=O) groups excluding carboxylic acids is 2. The lowest BCUT2D eigenvalue weighted by atomic mass is 10.2. The zero-order valence-corrected chi connectivity index (χ0v) is 15.0. The van der Waals surface area contributed by atoms with Gasteiger partial charge in [-0.05, 0) is 30.3 Å². The minimum absolute atomic E-state index is 0.0121. The van der Waals surface area contributed by atoms with Gasteiger partial charge in [0.25, 0.3) is 0 Å². The summed E-state index contributed by atoms with van der Waals surface area (Å²) in [5, 5.41) is 7.95. The molecule has 0 saturated carbocycles. The van der Waals surface area contributed by atoms with Gasteiger partial charge in [0.05, 0.1) is 0 Å². The molecule has 0 fully saturated rings. The molecular formula is C19H21F2N3O3. The van der Waals surface area contributed by atoms with Crippen LogP contribution in [-0.4, -0.2) is 18.5 Å². The van der Waals surface area contributed by atoms with Crippen LogP contribution in [0.15, 0.2) is 48.5 Å². The molecule has 0 spiro atoms. The number of urea groups is 1. The molecule has 0 bridgehead atoms. The molecule has 0 heterocycles. The van der Waals surface area contributed by atoms with Gasteiger partial charge in [0.2, 0.25) is 5.91 Å². The Labute approximate surface area is 155 Å². The van der Waals surface area contributed by atoms with Crippen LogP contribution in [0.3, 0.4) is 0 Å². The Kier molecular flexibility index (Phi) is 7.10. The first kappa shape index (κ1) is 20.2. The maximum absolute atomic E-state index is 12.4. The molecule has 0 aliphatic carbocycles. The largest absolute Gasteiger partial charge is 0.434 e. The standard InChI is InChI=1S/C19H21F2N3O3/c1-12(2)17(25)23-14-7-9-15(10-8-14)24-19(26)22-11-13-5-3-4-6-16(13)27-18(20)21/h3-10,12,18H,11H2,1-2H3,(H,23,25)(H2,22,24,26). The first-order valence-corrected chi connectivity index (χ1v) is 8.33. The van der Waals surface area contributed by atoms with Gasteiger partial charge in [-0.25, -0.2) is 4.79 Å². The fraction of sp³-hybridized carbons (Fsp3) is 0.263. The summed E-state index contributed by atoms with van der Waals surface area (Å²) in [4.78, 5) is 23.6. The van der Waals surface area contributed by atoms with Gasteiger partial charge in [-0.1, -0.05) is 32.0 Å². The average molecular weight is 377 g/mol.